The summed E-state index contributed by atoms with van der Waals surface area (Å²) in [6.07, 6.45) is 0.944. The van der Waals surface area contributed by atoms with E-state index in [-0.39, 0.29) is 0 Å². The third kappa shape index (κ3) is 6980. The largest absolute Gasteiger partial charge is 0.330 e. The van der Waals surface area contributed by atoms with Crippen LogP contribution in [0.15, 0.2) is 0 Å². The lowest BCUT2D eigenvalue weighted by atomic mass is 10.4. The minimum atomic E-state index is -1.50. The molecule has 0 amide bonds. The van der Waals surface area contributed by atoms with E-state index >= 15 is 0 Å². The first-order valence-corrected chi connectivity index (χ1v) is 2.95. The van der Waals surface area contributed by atoms with Crippen LogP contribution in [0.5, 0.6) is 0 Å². The molecule has 0 aromatic heterocycles. The predicted molar refractivity (Wildman–Crippen MR) is 40.3 cm³/mol. The fourth-order valence-electron chi connectivity index (χ4n) is 0.118. The normalized spacial score (nSPS) is 6.92. The molecule has 0 spiro atoms. The molecule has 0 rings (SSSR count). The van der Waals surface area contributed by atoms with Crippen LogP contribution in [0.3, 0.4) is 0 Å². The molecule has 0 saturated heterocycles. The molecule has 0 atom stereocenters. The maximum absolute atomic E-state index is 8.36. The summed E-state index contributed by atoms with van der Waals surface area (Å²) in [6, 6.07) is 0. The van der Waals surface area contributed by atoms with Crippen LogP contribution in [-0.2, 0) is 0 Å². The zero-order chi connectivity index (χ0) is 11.3. The lowest BCUT2D eigenvalue weighted by molar-refractivity contribution is -0.742. The van der Waals surface area contributed by atoms with Gasteiger partial charge in [-0.15, -0.1) is 20.2 Å². The van der Waals surface area contributed by atoms with Gasteiger partial charge in [0.05, 0.1) is 0 Å². The van der Waals surface area contributed by atoms with Gasteiger partial charge in [0.1, 0.15) is 0 Å². The maximum atomic E-state index is 8.36. The molecule has 80 valence electrons. The summed E-state index contributed by atoms with van der Waals surface area (Å²) in [7, 11) is 0. The number of nitrogens with zero attached hydrogens (tertiary/aromatic N) is 2. The molecule has 0 bridgehead atoms. The van der Waals surface area contributed by atoms with E-state index in [9.17, 15) is 0 Å². The average Bonchev–Trinajstić information content (AvgIpc) is 1.86. The second-order valence-electron chi connectivity index (χ2n) is 1.41. The first kappa shape index (κ1) is 17.4. The quantitative estimate of drug-likeness (QED) is 0.310. The third-order valence-electron chi connectivity index (χ3n) is 0.408. The van der Waals surface area contributed by atoms with E-state index in [0.717, 1.165) is 19.5 Å². The Morgan fingerprint density at radius 2 is 1.15 bits per heavy atom. The van der Waals surface area contributed by atoms with Crippen molar-refractivity contribution in [2.24, 2.45) is 11.5 Å². The van der Waals surface area contributed by atoms with Crippen molar-refractivity contribution in [3.05, 3.63) is 20.2 Å². The van der Waals surface area contributed by atoms with Crippen LogP contribution >= 0.6 is 0 Å². The first-order chi connectivity index (χ1) is 5.88. The van der Waals surface area contributed by atoms with Crippen molar-refractivity contribution in [1.29, 1.82) is 0 Å². The standard InChI is InChI=1S/C3H10N2.2HNO3/c4-2-1-3-5;2*2-1(3)4/h1-5H2;2*(H,2,3,4). The highest BCUT2D eigenvalue weighted by atomic mass is 16.9. The average molecular weight is 200 g/mol. The highest BCUT2D eigenvalue weighted by Gasteiger charge is 1.67. The molecule has 13 heavy (non-hydrogen) atoms. The van der Waals surface area contributed by atoms with Crippen LogP contribution < -0.4 is 11.5 Å². The van der Waals surface area contributed by atoms with Gasteiger partial charge in [0, 0.05) is 0 Å². The number of hydrogen-bond acceptors (Lipinski definition) is 6. The molecule has 0 aliphatic rings. The van der Waals surface area contributed by atoms with Crippen molar-refractivity contribution in [2.45, 2.75) is 6.42 Å². The molecule has 0 radical (unpaired) electrons. The predicted octanol–water partition coefficient (Wildman–Crippen LogP) is -1.40. The van der Waals surface area contributed by atoms with E-state index in [2.05, 4.69) is 0 Å². The second-order valence-corrected chi connectivity index (χ2v) is 1.41. The summed E-state index contributed by atoms with van der Waals surface area (Å²) in [5.74, 6) is 0. The minimum absolute atomic E-state index is 0.719. The lowest BCUT2D eigenvalue weighted by Gasteiger charge is -1.81. The van der Waals surface area contributed by atoms with Gasteiger partial charge in [0.15, 0.2) is 0 Å². The maximum Gasteiger partial charge on any atom is 0.291 e. The van der Waals surface area contributed by atoms with Crippen LogP contribution in [0, 0.1) is 20.2 Å². The van der Waals surface area contributed by atoms with Crippen molar-refractivity contribution in [3.8, 4) is 0 Å². The van der Waals surface area contributed by atoms with E-state index in [0.29, 0.717) is 0 Å². The number of nitrogens with two attached hydrogens (primary N) is 2. The van der Waals surface area contributed by atoms with Crippen LogP contribution in [0.2, 0.25) is 0 Å². The Morgan fingerprint density at radius 3 is 1.15 bits per heavy atom. The smallest absolute Gasteiger partial charge is 0.291 e. The highest BCUT2D eigenvalue weighted by Crippen LogP contribution is 1.58. The molecule has 10 nitrogen and oxygen atoms in total. The SMILES string of the molecule is NCCCN.O=[N+]([O-])O.O=[N+]([O-])O. The van der Waals surface area contributed by atoms with E-state index in [1.54, 1.807) is 0 Å². The lowest BCUT2D eigenvalue weighted by Crippen LogP contribution is -2.06. The molecule has 10 heteroatoms. The molecule has 0 fully saturated rings. The Bertz CT molecular complexity index is 107. The van der Waals surface area contributed by atoms with Crippen molar-refractivity contribution in [1.82, 2.24) is 0 Å². The van der Waals surface area contributed by atoms with Crippen molar-refractivity contribution < 1.29 is 20.6 Å². The molecule has 0 heterocycles. The fourth-order valence-corrected chi connectivity index (χ4v) is 0.118. The zero-order valence-electron chi connectivity index (χ0n) is 6.70. The van der Waals surface area contributed by atoms with E-state index in [1.807, 2.05) is 0 Å². The topological polar surface area (TPSA) is 179 Å². The molecule has 0 aliphatic heterocycles. The molecular formula is C3H12N4O6. The Hall–Kier alpha value is -1.68. The van der Waals surface area contributed by atoms with Crippen LogP contribution in [0.1, 0.15) is 6.42 Å². The summed E-state index contributed by atoms with van der Waals surface area (Å²) in [6.45, 7) is 1.44. The molecule has 0 unspecified atom stereocenters. The van der Waals surface area contributed by atoms with E-state index < -0.39 is 10.2 Å². The molecule has 0 aromatic rings. The zero-order valence-corrected chi connectivity index (χ0v) is 6.70. The summed E-state index contributed by atoms with van der Waals surface area (Å²) in [5.41, 5.74) is 10.1. The van der Waals surface area contributed by atoms with Gasteiger partial charge in [-0.3, -0.25) is 0 Å². The molecule has 0 aliphatic carbocycles. The van der Waals surface area contributed by atoms with Crippen molar-refractivity contribution >= 4 is 0 Å². The summed E-state index contributed by atoms with van der Waals surface area (Å²) in [5, 5.41) is 27.3. The van der Waals surface area contributed by atoms with Crippen LogP contribution in [0.25, 0.3) is 0 Å². The monoisotopic (exact) mass is 200 g/mol. The van der Waals surface area contributed by atoms with Gasteiger partial charge in [-0.2, -0.15) is 0 Å². The van der Waals surface area contributed by atoms with E-state index in [4.69, 9.17) is 42.1 Å². The molecular weight excluding hydrogens is 188 g/mol. The van der Waals surface area contributed by atoms with Gasteiger partial charge in [-0.05, 0) is 19.5 Å². The van der Waals surface area contributed by atoms with Gasteiger partial charge >= 0.3 is 0 Å². The summed E-state index contributed by atoms with van der Waals surface area (Å²) >= 11 is 0. The van der Waals surface area contributed by atoms with E-state index in [1.165, 1.54) is 0 Å². The van der Waals surface area contributed by atoms with Gasteiger partial charge in [0.2, 0.25) is 0 Å². The molecule has 0 aromatic carbocycles. The van der Waals surface area contributed by atoms with Gasteiger partial charge in [-0.1, -0.05) is 0 Å². The highest BCUT2D eigenvalue weighted by molar-refractivity contribution is 4.33. The van der Waals surface area contributed by atoms with Gasteiger partial charge in [0.25, 0.3) is 10.2 Å². The number of hydrogen-bond donors (Lipinski definition) is 4. The van der Waals surface area contributed by atoms with Crippen LogP contribution in [0.4, 0.5) is 0 Å². The second kappa shape index (κ2) is 16.7. The summed E-state index contributed by atoms with van der Waals surface area (Å²) in [4.78, 5) is 16.7. The molecule has 6 N–H and O–H groups in total. The molecule has 0 saturated carbocycles. The van der Waals surface area contributed by atoms with Crippen LogP contribution in [-0.4, -0.2) is 33.7 Å². The fraction of sp³-hybridized carbons (Fsp3) is 1.00. The number of rotatable bonds is 2. The summed E-state index contributed by atoms with van der Waals surface area (Å²) < 4.78 is 0. The minimum Gasteiger partial charge on any atom is -0.330 e. The Labute approximate surface area is 73.0 Å². The Kier molecular flexibility index (Phi) is 22.4. The first-order valence-electron chi connectivity index (χ1n) is 2.95. The Morgan fingerprint density at radius 1 is 1.00 bits per heavy atom. The third-order valence-corrected chi connectivity index (χ3v) is 0.408. The van der Waals surface area contributed by atoms with Crippen molar-refractivity contribution in [2.75, 3.05) is 13.1 Å². The van der Waals surface area contributed by atoms with Crippen molar-refractivity contribution in [3.63, 3.8) is 0 Å². The van der Waals surface area contributed by atoms with Gasteiger partial charge < -0.3 is 21.9 Å². The Balaban J connectivity index is -0.000000117. The van der Waals surface area contributed by atoms with Gasteiger partial charge in [-0.25, -0.2) is 0 Å².